The Balaban J connectivity index is 2.64. The van der Waals surface area contributed by atoms with E-state index in [9.17, 15) is 0 Å². The summed E-state index contributed by atoms with van der Waals surface area (Å²) in [5.41, 5.74) is 4.67. The Hall–Kier alpha value is -1.83. The highest BCUT2D eigenvalue weighted by molar-refractivity contribution is 5.62. The molecule has 2 N–H and O–H groups in total. The molecule has 0 aliphatic heterocycles. The molecule has 0 unspecified atom stereocenters. The Morgan fingerprint density at radius 2 is 1.71 bits per heavy atom. The largest absolute Gasteiger partial charge is 0.242 e. The fourth-order valence-corrected chi connectivity index (χ4v) is 2.08. The van der Waals surface area contributed by atoms with Crippen LogP contribution in [0.3, 0.4) is 0 Å². The number of aromatic nitrogens is 1. The summed E-state index contributed by atoms with van der Waals surface area (Å²) in [6.45, 7) is 6.42. The average Bonchev–Trinajstić information content (AvgIpc) is 2.33. The molecule has 0 saturated heterocycles. The van der Waals surface area contributed by atoms with Crippen molar-refractivity contribution >= 4 is 0 Å². The van der Waals surface area contributed by atoms with Gasteiger partial charge in [-0.15, -0.1) is 0 Å². The van der Waals surface area contributed by atoms with E-state index >= 15 is 0 Å². The molecule has 2 nitrogen and oxygen atoms in total. The van der Waals surface area contributed by atoms with Crippen molar-refractivity contribution < 1.29 is 4.68 Å². The zero-order chi connectivity index (χ0) is 12.4. The minimum atomic E-state index is 0.492. The van der Waals surface area contributed by atoms with E-state index in [1.165, 1.54) is 11.1 Å². The van der Waals surface area contributed by atoms with Crippen LogP contribution in [0.4, 0.5) is 0 Å². The zero-order valence-corrected chi connectivity index (χ0v) is 10.6. The molecule has 0 bridgehead atoms. The molecule has 1 heterocycles. The zero-order valence-electron chi connectivity index (χ0n) is 10.6. The average molecular weight is 227 g/mol. The molecule has 0 saturated carbocycles. The number of pyridine rings is 1. The highest BCUT2D eigenvalue weighted by Crippen LogP contribution is 2.26. The first-order valence-corrected chi connectivity index (χ1v) is 5.97. The fraction of sp³-hybridized carbons (Fsp3) is 0.267. The number of nitrogen functional groups attached to an aromatic ring is 1. The van der Waals surface area contributed by atoms with Crippen LogP contribution in [-0.2, 0) is 0 Å². The number of hydrogen-bond acceptors (Lipinski definition) is 1. The normalized spacial score (nSPS) is 10.8. The third-order valence-electron chi connectivity index (χ3n) is 3.09. The maximum atomic E-state index is 6.10. The van der Waals surface area contributed by atoms with Gasteiger partial charge in [-0.25, -0.2) is 5.84 Å². The van der Waals surface area contributed by atoms with Crippen LogP contribution in [0.2, 0.25) is 0 Å². The maximum absolute atomic E-state index is 6.10. The molecule has 1 aromatic carbocycles. The highest BCUT2D eigenvalue weighted by Gasteiger charge is 2.17. The number of aryl methyl sites for hydroxylation is 1. The molecular formula is C15H19N2+. The second-order valence-corrected chi connectivity index (χ2v) is 4.66. The van der Waals surface area contributed by atoms with Crippen LogP contribution in [0, 0.1) is 6.92 Å². The van der Waals surface area contributed by atoms with Gasteiger partial charge in [0.15, 0.2) is 0 Å². The Kier molecular flexibility index (Phi) is 3.14. The Morgan fingerprint density at radius 3 is 2.41 bits per heavy atom. The smallest absolute Gasteiger partial charge is 0.205 e. The van der Waals surface area contributed by atoms with Gasteiger partial charge in [-0.1, -0.05) is 36.7 Å². The number of rotatable bonds is 2. The molecule has 0 aliphatic carbocycles. The predicted octanol–water partition coefficient (Wildman–Crippen LogP) is 2.79. The second kappa shape index (κ2) is 4.58. The molecule has 0 fully saturated rings. The lowest BCUT2D eigenvalue weighted by molar-refractivity contribution is -0.634. The number of hydrogen-bond donors (Lipinski definition) is 1. The highest BCUT2D eigenvalue weighted by atomic mass is 15.3. The molecular weight excluding hydrogens is 208 g/mol. The first kappa shape index (κ1) is 11.6. The monoisotopic (exact) mass is 227 g/mol. The van der Waals surface area contributed by atoms with Gasteiger partial charge in [-0.2, -0.15) is 0 Å². The first-order chi connectivity index (χ1) is 8.11. The van der Waals surface area contributed by atoms with Gasteiger partial charge in [0, 0.05) is 19.1 Å². The van der Waals surface area contributed by atoms with Crippen molar-refractivity contribution in [1.82, 2.24) is 0 Å². The van der Waals surface area contributed by atoms with E-state index in [0.29, 0.717) is 5.92 Å². The number of nitrogens with two attached hydrogens (primary N) is 1. The summed E-state index contributed by atoms with van der Waals surface area (Å²) in [5.74, 6) is 6.59. The van der Waals surface area contributed by atoms with E-state index in [1.807, 2.05) is 19.1 Å². The van der Waals surface area contributed by atoms with Crippen molar-refractivity contribution in [1.29, 1.82) is 0 Å². The molecule has 0 atom stereocenters. The van der Waals surface area contributed by atoms with Gasteiger partial charge in [-0.3, -0.25) is 0 Å². The van der Waals surface area contributed by atoms with Gasteiger partial charge in [0.2, 0.25) is 11.4 Å². The van der Waals surface area contributed by atoms with Crippen LogP contribution in [0.15, 0.2) is 42.5 Å². The standard InChI is InChI=1S/C15H19N2/c1-11(2)13-8-4-5-9-14(13)15-10-6-7-12(3)17(15)16/h4-11H,16H2,1-3H3/q+1. The van der Waals surface area contributed by atoms with Crippen LogP contribution in [0.25, 0.3) is 11.3 Å². The fourth-order valence-electron chi connectivity index (χ4n) is 2.08. The van der Waals surface area contributed by atoms with E-state index in [2.05, 4.69) is 44.2 Å². The van der Waals surface area contributed by atoms with Gasteiger partial charge in [-0.05, 0) is 23.6 Å². The van der Waals surface area contributed by atoms with Gasteiger partial charge >= 0.3 is 0 Å². The lowest BCUT2D eigenvalue weighted by Gasteiger charge is -2.10. The second-order valence-electron chi connectivity index (χ2n) is 4.66. The molecule has 0 spiro atoms. The number of nitrogens with zero attached hydrogens (tertiary/aromatic N) is 1. The van der Waals surface area contributed by atoms with E-state index in [-0.39, 0.29) is 0 Å². The minimum Gasteiger partial charge on any atom is -0.205 e. The molecule has 0 radical (unpaired) electrons. The molecule has 17 heavy (non-hydrogen) atoms. The van der Waals surface area contributed by atoms with Crippen LogP contribution >= 0.6 is 0 Å². The van der Waals surface area contributed by atoms with E-state index in [1.54, 1.807) is 4.68 Å². The Labute approximate surface area is 103 Å². The van der Waals surface area contributed by atoms with E-state index in [0.717, 1.165) is 11.4 Å². The Bertz CT molecular complexity index is 530. The lowest BCUT2D eigenvalue weighted by Crippen LogP contribution is -2.49. The first-order valence-electron chi connectivity index (χ1n) is 5.97. The lowest BCUT2D eigenvalue weighted by atomic mass is 9.95. The summed E-state index contributed by atoms with van der Waals surface area (Å²) in [6, 6.07) is 14.6. The van der Waals surface area contributed by atoms with Crippen LogP contribution < -0.4 is 10.5 Å². The Morgan fingerprint density at radius 1 is 1.00 bits per heavy atom. The molecule has 2 heteroatoms. The van der Waals surface area contributed by atoms with Gasteiger partial charge < -0.3 is 0 Å². The van der Waals surface area contributed by atoms with Crippen LogP contribution in [0.1, 0.15) is 31.0 Å². The van der Waals surface area contributed by atoms with Crippen molar-refractivity contribution in [3.8, 4) is 11.3 Å². The summed E-state index contributed by atoms with van der Waals surface area (Å²) in [7, 11) is 0. The molecule has 0 amide bonds. The van der Waals surface area contributed by atoms with Crippen molar-refractivity contribution in [2.45, 2.75) is 26.7 Å². The third-order valence-corrected chi connectivity index (χ3v) is 3.09. The van der Waals surface area contributed by atoms with Crippen molar-refractivity contribution in [2.75, 3.05) is 5.84 Å². The van der Waals surface area contributed by atoms with E-state index < -0.39 is 0 Å². The molecule has 88 valence electrons. The summed E-state index contributed by atoms with van der Waals surface area (Å²) < 4.78 is 1.75. The minimum absolute atomic E-state index is 0.492. The van der Waals surface area contributed by atoms with Crippen LogP contribution in [-0.4, -0.2) is 0 Å². The third kappa shape index (κ3) is 2.16. The SMILES string of the molecule is Cc1cccc(-c2ccccc2C(C)C)[n+]1N. The predicted molar refractivity (Wildman–Crippen MR) is 71.0 cm³/mol. The van der Waals surface area contributed by atoms with Gasteiger partial charge in [0.1, 0.15) is 0 Å². The van der Waals surface area contributed by atoms with Crippen LogP contribution in [0.5, 0.6) is 0 Å². The number of benzene rings is 1. The molecule has 2 rings (SSSR count). The summed E-state index contributed by atoms with van der Waals surface area (Å²) in [6.07, 6.45) is 0. The maximum Gasteiger partial charge on any atom is 0.242 e. The van der Waals surface area contributed by atoms with Crippen molar-refractivity contribution in [3.05, 3.63) is 53.7 Å². The molecule has 0 aliphatic rings. The van der Waals surface area contributed by atoms with Gasteiger partial charge in [0.25, 0.3) is 0 Å². The molecule has 1 aromatic heterocycles. The summed E-state index contributed by atoms with van der Waals surface area (Å²) in [5, 5.41) is 0. The quantitative estimate of drug-likeness (QED) is 0.620. The summed E-state index contributed by atoms with van der Waals surface area (Å²) >= 11 is 0. The van der Waals surface area contributed by atoms with Gasteiger partial charge in [0.05, 0.1) is 5.56 Å². The van der Waals surface area contributed by atoms with Crippen molar-refractivity contribution in [3.63, 3.8) is 0 Å². The topological polar surface area (TPSA) is 29.9 Å². The summed E-state index contributed by atoms with van der Waals surface area (Å²) in [4.78, 5) is 0. The molecule has 2 aromatic rings. The van der Waals surface area contributed by atoms with Crippen molar-refractivity contribution in [2.24, 2.45) is 0 Å². The van der Waals surface area contributed by atoms with E-state index in [4.69, 9.17) is 5.84 Å².